The van der Waals surface area contributed by atoms with Crippen LogP contribution >= 0.6 is 0 Å². The van der Waals surface area contributed by atoms with E-state index in [1.807, 2.05) is 13.8 Å². The van der Waals surface area contributed by atoms with Crippen LogP contribution in [0.25, 0.3) is 0 Å². The predicted octanol–water partition coefficient (Wildman–Crippen LogP) is 3.37. The van der Waals surface area contributed by atoms with Gasteiger partial charge in [-0.25, -0.2) is 4.79 Å². The first kappa shape index (κ1) is 15.6. The number of aryl methyl sites for hydroxylation is 1. The Bertz CT molecular complexity index is 737. The minimum atomic E-state index is -1.01. The lowest BCUT2D eigenvalue weighted by atomic mass is 10.0. The summed E-state index contributed by atoms with van der Waals surface area (Å²) < 4.78 is 0. The molecule has 0 amide bonds. The lowest BCUT2D eigenvalue weighted by Gasteiger charge is -2.15. The molecule has 5 nitrogen and oxygen atoms in total. The van der Waals surface area contributed by atoms with Gasteiger partial charge in [0.2, 0.25) is 0 Å². The number of aliphatic carboxylic acids is 1. The Morgan fingerprint density at radius 3 is 2.45 bits per heavy atom. The third-order valence-electron chi connectivity index (χ3n) is 3.52. The van der Waals surface area contributed by atoms with Crippen molar-refractivity contribution in [2.45, 2.75) is 20.3 Å². The van der Waals surface area contributed by atoms with Gasteiger partial charge < -0.3 is 15.5 Å². The van der Waals surface area contributed by atoms with E-state index in [-0.39, 0.29) is 12.0 Å². The van der Waals surface area contributed by atoms with E-state index >= 15 is 0 Å². The molecule has 0 unspecified atom stereocenters. The van der Waals surface area contributed by atoms with Crippen LogP contribution in [0, 0.1) is 13.8 Å². The molecule has 0 aliphatic rings. The Morgan fingerprint density at radius 1 is 1.09 bits per heavy atom. The molecule has 22 heavy (non-hydrogen) atoms. The van der Waals surface area contributed by atoms with Crippen LogP contribution in [0.2, 0.25) is 0 Å². The summed E-state index contributed by atoms with van der Waals surface area (Å²) in [6.45, 7) is 3.76. The maximum Gasteiger partial charge on any atom is 0.337 e. The molecule has 0 atom stereocenters. The van der Waals surface area contributed by atoms with Gasteiger partial charge in [-0.3, -0.25) is 4.79 Å². The topological polar surface area (TPSA) is 86.6 Å². The number of carboxylic acid groups (broad SMARTS) is 2. The van der Waals surface area contributed by atoms with E-state index in [2.05, 4.69) is 5.32 Å². The second-order valence-electron chi connectivity index (χ2n) is 5.13. The first-order chi connectivity index (χ1) is 10.4. The SMILES string of the molecule is Cc1ccc(C(=O)O)c(Nc2cccc(CC(=O)O)c2)c1C. The van der Waals surface area contributed by atoms with Gasteiger partial charge in [-0.1, -0.05) is 18.2 Å². The Hall–Kier alpha value is -2.82. The van der Waals surface area contributed by atoms with Crippen LogP contribution in [0.4, 0.5) is 11.4 Å². The summed E-state index contributed by atoms with van der Waals surface area (Å²) in [7, 11) is 0. The number of nitrogens with one attached hydrogen (secondary N) is 1. The van der Waals surface area contributed by atoms with E-state index < -0.39 is 11.9 Å². The molecule has 0 spiro atoms. The number of benzene rings is 2. The highest BCUT2D eigenvalue weighted by atomic mass is 16.4. The average Bonchev–Trinajstić information content (AvgIpc) is 2.43. The summed E-state index contributed by atoms with van der Waals surface area (Å²) >= 11 is 0. The summed E-state index contributed by atoms with van der Waals surface area (Å²) in [6, 6.07) is 10.3. The van der Waals surface area contributed by atoms with E-state index in [1.54, 1.807) is 36.4 Å². The molecular formula is C17H17NO4. The Kier molecular flexibility index (Phi) is 4.46. The van der Waals surface area contributed by atoms with Crippen LogP contribution in [0.5, 0.6) is 0 Å². The van der Waals surface area contributed by atoms with Crippen molar-refractivity contribution in [3.8, 4) is 0 Å². The number of aromatic carboxylic acids is 1. The van der Waals surface area contributed by atoms with Crippen LogP contribution in [0.1, 0.15) is 27.0 Å². The van der Waals surface area contributed by atoms with Gasteiger partial charge in [0.1, 0.15) is 0 Å². The minimum Gasteiger partial charge on any atom is -0.481 e. The lowest BCUT2D eigenvalue weighted by molar-refractivity contribution is -0.136. The van der Waals surface area contributed by atoms with Crippen molar-refractivity contribution < 1.29 is 19.8 Å². The van der Waals surface area contributed by atoms with E-state index in [1.165, 1.54) is 0 Å². The van der Waals surface area contributed by atoms with Gasteiger partial charge in [0.15, 0.2) is 0 Å². The normalized spacial score (nSPS) is 10.3. The first-order valence-electron chi connectivity index (χ1n) is 6.79. The summed E-state index contributed by atoms with van der Waals surface area (Å²) in [5.74, 6) is -1.91. The molecule has 3 N–H and O–H groups in total. The summed E-state index contributed by atoms with van der Waals surface area (Å²) in [4.78, 5) is 22.2. The number of rotatable bonds is 5. The zero-order valence-corrected chi connectivity index (χ0v) is 12.4. The van der Waals surface area contributed by atoms with Crippen molar-refractivity contribution in [3.63, 3.8) is 0 Å². The van der Waals surface area contributed by atoms with Gasteiger partial charge in [-0.15, -0.1) is 0 Å². The average molecular weight is 299 g/mol. The largest absolute Gasteiger partial charge is 0.481 e. The molecule has 0 heterocycles. The van der Waals surface area contributed by atoms with Crippen molar-refractivity contribution in [1.29, 1.82) is 0 Å². The second kappa shape index (κ2) is 6.30. The predicted molar refractivity (Wildman–Crippen MR) is 83.9 cm³/mol. The second-order valence-corrected chi connectivity index (χ2v) is 5.13. The molecule has 0 bridgehead atoms. The fourth-order valence-corrected chi connectivity index (χ4v) is 2.23. The maximum atomic E-state index is 11.4. The summed E-state index contributed by atoms with van der Waals surface area (Å²) in [5.41, 5.74) is 3.86. The number of hydrogen-bond acceptors (Lipinski definition) is 3. The highest BCUT2D eigenvalue weighted by Crippen LogP contribution is 2.28. The summed E-state index contributed by atoms with van der Waals surface area (Å²) in [6.07, 6.45) is -0.0753. The Morgan fingerprint density at radius 2 is 1.82 bits per heavy atom. The molecule has 0 aromatic heterocycles. The molecule has 0 aliphatic carbocycles. The first-order valence-corrected chi connectivity index (χ1v) is 6.79. The van der Waals surface area contributed by atoms with Crippen LogP contribution in [0.3, 0.4) is 0 Å². The van der Waals surface area contributed by atoms with Gasteiger partial charge in [0, 0.05) is 5.69 Å². The van der Waals surface area contributed by atoms with Gasteiger partial charge in [0.25, 0.3) is 0 Å². The zero-order valence-electron chi connectivity index (χ0n) is 12.4. The smallest absolute Gasteiger partial charge is 0.337 e. The van der Waals surface area contributed by atoms with Gasteiger partial charge in [-0.05, 0) is 48.7 Å². The molecule has 0 fully saturated rings. The van der Waals surface area contributed by atoms with E-state index in [0.717, 1.165) is 11.1 Å². The van der Waals surface area contributed by atoms with Crippen LogP contribution in [-0.2, 0) is 11.2 Å². The van der Waals surface area contributed by atoms with Gasteiger partial charge in [0.05, 0.1) is 17.7 Å². The standard InChI is InChI=1S/C17H17NO4/c1-10-6-7-14(17(21)22)16(11(10)2)18-13-5-3-4-12(8-13)9-15(19)20/h3-8,18H,9H2,1-2H3,(H,19,20)(H,21,22). The Labute approximate surface area is 128 Å². The monoisotopic (exact) mass is 299 g/mol. The quantitative estimate of drug-likeness (QED) is 0.788. The van der Waals surface area contributed by atoms with Gasteiger partial charge in [-0.2, -0.15) is 0 Å². The number of hydrogen-bond donors (Lipinski definition) is 3. The van der Waals surface area contributed by atoms with Crippen molar-refractivity contribution in [1.82, 2.24) is 0 Å². The van der Waals surface area contributed by atoms with Crippen molar-refractivity contribution in [2.75, 3.05) is 5.32 Å². The van der Waals surface area contributed by atoms with E-state index in [9.17, 15) is 14.7 Å². The molecule has 2 aromatic rings. The fraction of sp³-hybridized carbons (Fsp3) is 0.176. The third-order valence-corrected chi connectivity index (χ3v) is 3.52. The van der Waals surface area contributed by atoms with Gasteiger partial charge >= 0.3 is 11.9 Å². The molecule has 114 valence electrons. The van der Waals surface area contributed by atoms with Crippen molar-refractivity contribution in [3.05, 3.63) is 58.7 Å². The summed E-state index contributed by atoms with van der Waals surface area (Å²) in [5, 5.41) is 21.3. The minimum absolute atomic E-state index is 0.0753. The van der Waals surface area contributed by atoms with E-state index in [4.69, 9.17) is 5.11 Å². The highest BCUT2D eigenvalue weighted by molar-refractivity contribution is 5.96. The zero-order chi connectivity index (χ0) is 16.3. The molecule has 0 radical (unpaired) electrons. The third kappa shape index (κ3) is 3.44. The number of carbonyl (C=O) groups is 2. The molecule has 5 heteroatoms. The lowest BCUT2D eigenvalue weighted by Crippen LogP contribution is -2.06. The number of carboxylic acids is 2. The number of anilines is 2. The van der Waals surface area contributed by atoms with Crippen LogP contribution in [0.15, 0.2) is 36.4 Å². The molecule has 0 saturated heterocycles. The molecule has 0 saturated carbocycles. The van der Waals surface area contributed by atoms with Crippen molar-refractivity contribution in [2.24, 2.45) is 0 Å². The fourth-order valence-electron chi connectivity index (χ4n) is 2.23. The Balaban J connectivity index is 2.40. The highest BCUT2D eigenvalue weighted by Gasteiger charge is 2.14. The molecule has 2 rings (SSSR count). The molecule has 2 aromatic carbocycles. The van der Waals surface area contributed by atoms with E-state index in [0.29, 0.717) is 16.9 Å². The molecule has 0 aliphatic heterocycles. The van der Waals surface area contributed by atoms with Crippen LogP contribution in [-0.4, -0.2) is 22.2 Å². The molecular weight excluding hydrogens is 282 g/mol. The van der Waals surface area contributed by atoms with Crippen molar-refractivity contribution >= 4 is 23.3 Å². The van der Waals surface area contributed by atoms with Crippen LogP contribution < -0.4 is 5.32 Å². The maximum absolute atomic E-state index is 11.4.